The minimum absolute atomic E-state index is 0.116. The number of hydrogen-bond donors (Lipinski definition) is 1. The number of ketones is 1. The van der Waals surface area contributed by atoms with Crippen LogP contribution in [-0.4, -0.2) is 10.9 Å². The molecule has 30 heavy (non-hydrogen) atoms. The first-order valence-corrected chi connectivity index (χ1v) is 9.98. The van der Waals surface area contributed by atoms with Crippen LogP contribution in [0.15, 0.2) is 78.9 Å². The number of ether oxygens (including phenoxy) is 2. The molecule has 3 aromatic rings. The average Bonchev–Trinajstić information content (AvgIpc) is 2.77. The standard InChI is InChI=1S/C26H26O4/c1-3-22-15-23(24(28)14-19(2)27)26(30-18-21-12-8-5-9-13-21)16-25(22)29-17-20-10-6-4-7-11-20/h4-16,28H,3,17-18H2,1-2H3/b24-14-. The van der Waals surface area contributed by atoms with E-state index in [1.807, 2.05) is 73.7 Å². The van der Waals surface area contributed by atoms with Gasteiger partial charge >= 0.3 is 0 Å². The summed E-state index contributed by atoms with van der Waals surface area (Å²) < 4.78 is 12.1. The number of allylic oxidation sites excluding steroid dienone is 1. The van der Waals surface area contributed by atoms with Crippen molar-refractivity contribution in [3.05, 3.63) is 101 Å². The molecule has 0 bridgehead atoms. The first kappa shape index (κ1) is 21.2. The van der Waals surface area contributed by atoms with Gasteiger partial charge in [-0.15, -0.1) is 0 Å². The third kappa shape index (κ3) is 5.74. The summed E-state index contributed by atoms with van der Waals surface area (Å²) in [4.78, 5) is 11.5. The highest BCUT2D eigenvalue weighted by molar-refractivity contribution is 5.94. The van der Waals surface area contributed by atoms with E-state index in [-0.39, 0.29) is 11.5 Å². The summed E-state index contributed by atoms with van der Waals surface area (Å²) in [6.45, 7) is 4.19. The number of aliphatic hydroxyl groups excluding tert-OH is 1. The van der Waals surface area contributed by atoms with Crippen molar-refractivity contribution >= 4 is 11.5 Å². The predicted molar refractivity (Wildman–Crippen MR) is 119 cm³/mol. The maximum atomic E-state index is 11.5. The summed E-state index contributed by atoms with van der Waals surface area (Å²) in [5.41, 5.74) is 3.47. The van der Waals surface area contributed by atoms with E-state index >= 15 is 0 Å². The molecule has 0 aliphatic carbocycles. The third-order valence-electron chi connectivity index (χ3n) is 4.63. The van der Waals surface area contributed by atoms with Crippen LogP contribution in [0.2, 0.25) is 0 Å². The predicted octanol–water partition coefficient (Wildman–Crippen LogP) is 5.89. The lowest BCUT2D eigenvalue weighted by molar-refractivity contribution is -0.112. The van der Waals surface area contributed by atoms with Gasteiger partial charge in [-0.1, -0.05) is 67.6 Å². The van der Waals surface area contributed by atoms with Crippen molar-refractivity contribution in [1.82, 2.24) is 0 Å². The zero-order valence-electron chi connectivity index (χ0n) is 17.3. The van der Waals surface area contributed by atoms with Crippen LogP contribution >= 0.6 is 0 Å². The first-order chi connectivity index (χ1) is 14.6. The van der Waals surface area contributed by atoms with Crippen LogP contribution in [0.25, 0.3) is 5.76 Å². The Kier molecular flexibility index (Phi) is 7.28. The van der Waals surface area contributed by atoms with Gasteiger partial charge in [0.25, 0.3) is 0 Å². The van der Waals surface area contributed by atoms with Crippen molar-refractivity contribution in [1.29, 1.82) is 0 Å². The van der Waals surface area contributed by atoms with Gasteiger partial charge in [0.1, 0.15) is 30.5 Å². The third-order valence-corrected chi connectivity index (χ3v) is 4.63. The highest BCUT2D eigenvalue weighted by Gasteiger charge is 2.15. The number of rotatable bonds is 9. The molecule has 0 aliphatic heterocycles. The molecule has 0 heterocycles. The van der Waals surface area contributed by atoms with E-state index in [9.17, 15) is 9.90 Å². The minimum Gasteiger partial charge on any atom is -0.507 e. The average molecular weight is 402 g/mol. The van der Waals surface area contributed by atoms with Crippen LogP contribution in [0.4, 0.5) is 0 Å². The van der Waals surface area contributed by atoms with Crippen LogP contribution < -0.4 is 9.47 Å². The van der Waals surface area contributed by atoms with E-state index < -0.39 is 0 Å². The number of carbonyl (C=O) groups excluding carboxylic acids is 1. The Morgan fingerprint density at radius 3 is 1.90 bits per heavy atom. The van der Waals surface area contributed by atoms with Gasteiger partial charge < -0.3 is 14.6 Å². The highest BCUT2D eigenvalue weighted by atomic mass is 16.5. The topological polar surface area (TPSA) is 55.8 Å². The lowest BCUT2D eigenvalue weighted by Gasteiger charge is -2.17. The van der Waals surface area contributed by atoms with Crippen LogP contribution in [0.1, 0.15) is 36.1 Å². The molecule has 4 nitrogen and oxygen atoms in total. The Balaban J connectivity index is 1.93. The molecule has 3 rings (SSSR count). The molecule has 0 amide bonds. The van der Waals surface area contributed by atoms with Crippen LogP contribution in [0.3, 0.4) is 0 Å². The Labute approximate surface area is 177 Å². The second kappa shape index (κ2) is 10.3. The van der Waals surface area contributed by atoms with E-state index in [2.05, 4.69) is 0 Å². The zero-order valence-corrected chi connectivity index (χ0v) is 17.3. The van der Waals surface area contributed by atoms with Crippen LogP contribution in [0, 0.1) is 0 Å². The minimum atomic E-state index is -0.232. The molecule has 4 heteroatoms. The van der Waals surface area contributed by atoms with E-state index in [0.29, 0.717) is 36.7 Å². The molecule has 0 saturated carbocycles. The molecule has 0 aromatic heterocycles. The van der Waals surface area contributed by atoms with E-state index in [0.717, 1.165) is 16.7 Å². The second-order valence-electron chi connectivity index (χ2n) is 7.00. The molecule has 154 valence electrons. The molecule has 0 spiro atoms. The van der Waals surface area contributed by atoms with E-state index in [4.69, 9.17) is 9.47 Å². The first-order valence-electron chi connectivity index (χ1n) is 9.98. The number of aryl methyl sites for hydroxylation is 1. The molecule has 0 fully saturated rings. The van der Waals surface area contributed by atoms with E-state index in [1.54, 1.807) is 6.07 Å². The van der Waals surface area contributed by atoms with Crippen molar-refractivity contribution in [3.8, 4) is 11.5 Å². The van der Waals surface area contributed by atoms with Gasteiger partial charge in [-0.3, -0.25) is 4.79 Å². The summed E-state index contributed by atoms with van der Waals surface area (Å²) in [6, 6.07) is 23.3. The van der Waals surface area contributed by atoms with Crippen molar-refractivity contribution in [2.24, 2.45) is 0 Å². The molecule has 0 aliphatic rings. The van der Waals surface area contributed by atoms with E-state index in [1.165, 1.54) is 13.0 Å². The SMILES string of the molecule is CCc1cc(/C(O)=C/C(C)=O)c(OCc2ccccc2)cc1OCc1ccccc1. The molecule has 0 radical (unpaired) electrons. The Hall–Kier alpha value is -3.53. The molecular formula is C26H26O4. The van der Waals surface area contributed by atoms with Gasteiger partial charge in [0.15, 0.2) is 5.78 Å². The van der Waals surface area contributed by atoms with Crippen molar-refractivity contribution in [3.63, 3.8) is 0 Å². The van der Waals surface area contributed by atoms with Crippen molar-refractivity contribution < 1.29 is 19.4 Å². The number of aliphatic hydroxyl groups is 1. The van der Waals surface area contributed by atoms with Gasteiger partial charge in [-0.05, 0) is 36.1 Å². The molecule has 0 atom stereocenters. The smallest absolute Gasteiger partial charge is 0.156 e. The summed E-state index contributed by atoms with van der Waals surface area (Å²) >= 11 is 0. The summed E-state index contributed by atoms with van der Waals surface area (Å²) in [5.74, 6) is 0.816. The lowest BCUT2D eigenvalue weighted by atomic mass is 10.0. The fourth-order valence-electron chi connectivity index (χ4n) is 3.08. The highest BCUT2D eigenvalue weighted by Crippen LogP contribution is 2.34. The Morgan fingerprint density at radius 1 is 0.867 bits per heavy atom. The fourth-order valence-corrected chi connectivity index (χ4v) is 3.08. The molecular weight excluding hydrogens is 376 g/mol. The van der Waals surface area contributed by atoms with Gasteiger partial charge in [-0.25, -0.2) is 0 Å². The van der Waals surface area contributed by atoms with Crippen molar-refractivity contribution in [2.45, 2.75) is 33.5 Å². The van der Waals surface area contributed by atoms with Gasteiger partial charge in [-0.2, -0.15) is 0 Å². The summed E-state index contributed by atoms with van der Waals surface area (Å²) in [5, 5.41) is 10.5. The van der Waals surface area contributed by atoms with Crippen LogP contribution in [0.5, 0.6) is 11.5 Å². The maximum Gasteiger partial charge on any atom is 0.156 e. The monoisotopic (exact) mass is 402 g/mol. The second-order valence-corrected chi connectivity index (χ2v) is 7.00. The van der Waals surface area contributed by atoms with Gasteiger partial charge in [0.05, 0.1) is 5.56 Å². The lowest BCUT2D eigenvalue weighted by Crippen LogP contribution is -2.04. The summed E-state index contributed by atoms with van der Waals surface area (Å²) in [6.07, 6.45) is 1.91. The van der Waals surface area contributed by atoms with Gasteiger partial charge in [0, 0.05) is 12.1 Å². The largest absolute Gasteiger partial charge is 0.507 e. The number of benzene rings is 3. The Morgan fingerprint density at radius 2 is 1.40 bits per heavy atom. The molecule has 3 aromatic carbocycles. The Bertz CT molecular complexity index is 1010. The quantitative estimate of drug-likeness (QED) is 0.358. The number of hydrogen-bond acceptors (Lipinski definition) is 4. The normalized spacial score (nSPS) is 11.2. The molecule has 0 unspecified atom stereocenters. The zero-order chi connectivity index (χ0) is 21.3. The van der Waals surface area contributed by atoms with Crippen LogP contribution in [-0.2, 0) is 24.4 Å². The molecule has 1 N–H and O–H groups in total. The maximum absolute atomic E-state index is 11.5. The number of carbonyl (C=O) groups is 1. The summed E-state index contributed by atoms with van der Waals surface area (Å²) in [7, 11) is 0. The molecule has 0 saturated heterocycles. The van der Waals surface area contributed by atoms with Gasteiger partial charge in [0.2, 0.25) is 0 Å². The fraction of sp³-hybridized carbons (Fsp3) is 0.192. The van der Waals surface area contributed by atoms with Crippen molar-refractivity contribution in [2.75, 3.05) is 0 Å².